The molecular weight excluding hydrogens is 545 g/mol. The third-order valence-electron chi connectivity index (χ3n) is 7.06. The number of anilines is 1. The van der Waals surface area contributed by atoms with Gasteiger partial charge in [-0.15, -0.1) is 0 Å². The van der Waals surface area contributed by atoms with Gasteiger partial charge in [0, 0.05) is 16.3 Å². The van der Waals surface area contributed by atoms with Crippen LogP contribution in [-0.4, -0.2) is 35.7 Å². The second-order valence-corrected chi connectivity index (χ2v) is 10.5. The van der Waals surface area contributed by atoms with Crippen molar-refractivity contribution in [3.63, 3.8) is 0 Å². The molecule has 214 valence electrons. The molecule has 1 aliphatic rings. The molecule has 0 spiro atoms. The van der Waals surface area contributed by atoms with Crippen molar-refractivity contribution in [1.29, 1.82) is 0 Å². The van der Waals surface area contributed by atoms with E-state index in [-0.39, 0.29) is 24.2 Å². The van der Waals surface area contributed by atoms with Crippen LogP contribution in [0.2, 0.25) is 5.02 Å². The first kappa shape index (κ1) is 29.8. The second-order valence-electron chi connectivity index (χ2n) is 10.0. The van der Waals surface area contributed by atoms with Gasteiger partial charge in [-0.3, -0.25) is 9.69 Å². The molecule has 0 saturated carbocycles. The van der Waals surface area contributed by atoms with Gasteiger partial charge in [-0.25, -0.2) is 14.0 Å². The minimum Gasteiger partial charge on any atom is -0.479 e. The highest BCUT2D eigenvalue weighted by atomic mass is 35.5. The van der Waals surface area contributed by atoms with E-state index in [9.17, 15) is 18.8 Å². The normalized spacial score (nSPS) is 14.4. The third-order valence-corrected chi connectivity index (χ3v) is 7.31. The monoisotopic (exact) mass is 577 g/mol. The number of carbonyl (C=O) groups is 3. The first-order valence-electron chi connectivity index (χ1n) is 13.6. The number of hydrogen-bond donors (Lipinski definition) is 3. The maximum Gasteiger partial charge on any atom is 0.340 e. The predicted molar refractivity (Wildman–Crippen MR) is 159 cm³/mol. The summed E-state index contributed by atoms with van der Waals surface area (Å²) in [5, 5.41) is 14.6. The Morgan fingerprint density at radius 1 is 0.976 bits per heavy atom. The average Bonchev–Trinajstić information content (AvgIpc) is 2.99. The standard InChI is InChI=1S/C32H33ClFN3O4/c1-21(23-11-15-27(33)16-12-23)36-32(41)37(28-17-13-25(14-18-28)24-5-3-2-4-6-24)20-22-7-9-26(10-8-22)30(38)35-19-29(34)31(39)40/h5,7-18,21,29H,2-4,6,19-20H2,1H3,(H,35,38)(H,36,41)(H,39,40)/t21-,29?/m0/s1. The summed E-state index contributed by atoms with van der Waals surface area (Å²) in [6.45, 7) is 1.51. The van der Waals surface area contributed by atoms with Crippen LogP contribution >= 0.6 is 11.6 Å². The Morgan fingerprint density at radius 2 is 1.66 bits per heavy atom. The molecule has 9 heteroatoms. The van der Waals surface area contributed by atoms with Crippen LogP contribution in [0.1, 0.15) is 65.7 Å². The van der Waals surface area contributed by atoms with Gasteiger partial charge in [0.15, 0.2) is 0 Å². The number of rotatable bonds is 10. The number of alkyl halides is 1. The molecular formula is C32H33ClFN3O4. The van der Waals surface area contributed by atoms with E-state index < -0.39 is 24.6 Å². The number of nitrogens with zero attached hydrogens (tertiary/aromatic N) is 1. The number of carbonyl (C=O) groups excluding carboxylic acids is 2. The number of carboxylic acids is 1. The molecule has 0 radical (unpaired) electrons. The van der Waals surface area contributed by atoms with E-state index in [2.05, 4.69) is 16.7 Å². The predicted octanol–water partition coefficient (Wildman–Crippen LogP) is 6.93. The van der Waals surface area contributed by atoms with Crippen molar-refractivity contribution >= 4 is 40.8 Å². The summed E-state index contributed by atoms with van der Waals surface area (Å²) in [6.07, 6.45) is 4.61. The first-order chi connectivity index (χ1) is 19.7. The van der Waals surface area contributed by atoms with Crippen molar-refractivity contribution in [2.45, 2.75) is 51.4 Å². The fourth-order valence-corrected chi connectivity index (χ4v) is 4.78. The van der Waals surface area contributed by atoms with Gasteiger partial charge in [0.1, 0.15) is 0 Å². The molecule has 0 aromatic heterocycles. The van der Waals surface area contributed by atoms with Gasteiger partial charge in [-0.05, 0) is 91.3 Å². The zero-order valence-electron chi connectivity index (χ0n) is 22.8. The lowest BCUT2D eigenvalue weighted by molar-refractivity contribution is -0.142. The van der Waals surface area contributed by atoms with Gasteiger partial charge in [0.05, 0.1) is 19.1 Å². The Hall–Kier alpha value is -4.17. The van der Waals surface area contributed by atoms with Crippen molar-refractivity contribution in [3.8, 4) is 0 Å². The highest BCUT2D eigenvalue weighted by Gasteiger charge is 2.21. The molecule has 0 bridgehead atoms. The summed E-state index contributed by atoms with van der Waals surface area (Å²) in [5.74, 6) is -2.22. The number of allylic oxidation sites excluding steroid dienone is 2. The molecule has 41 heavy (non-hydrogen) atoms. The molecule has 3 amide bonds. The Bertz CT molecular complexity index is 1390. The Kier molecular flexibility index (Phi) is 10.1. The van der Waals surface area contributed by atoms with Gasteiger partial charge in [-0.2, -0.15) is 0 Å². The maximum absolute atomic E-state index is 13.6. The van der Waals surface area contributed by atoms with Crippen LogP contribution in [0.15, 0.2) is 78.9 Å². The SMILES string of the molecule is C[C@H](NC(=O)N(Cc1ccc(C(=O)NCC(F)C(=O)O)cc1)c1ccc(C2=CCCCC2)cc1)c1ccc(Cl)cc1. The van der Waals surface area contributed by atoms with Gasteiger partial charge < -0.3 is 15.7 Å². The zero-order chi connectivity index (χ0) is 29.4. The van der Waals surface area contributed by atoms with Crippen molar-refractivity contribution in [3.05, 3.63) is 106 Å². The number of nitrogens with one attached hydrogen (secondary N) is 2. The quantitative estimate of drug-likeness (QED) is 0.243. The van der Waals surface area contributed by atoms with Crippen molar-refractivity contribution in [2.24, 2.45) is 0 Å². The molecule has 2 atom stereocenters. The molecule has 3 N–H and O–H groups in total. The summed E-state index contributed by atoms with van der Waals surface area (Å²) in [4.78, 5) is 38.2. The van der Waals surface area contributed by atoms with E-state index in [0.717, 1.165) is 35.2 Å². The highest BCUT2D eigenvalue weighted by Crippen LogP contribution is 2.29. The molecule has 0 aliphatic heterocycles. The number of aliphatic carboxylic acids is 1. The molecule has 3 aromatic rings. The molecule has 3 aromatic carbocycles. The topological polar surface area (TPSA) is 98.7 Å². The Labute approximate surface area is 244 Å². The average molecular weight is 578 g/mol. The van der Waals surface area contributed by atoms with E-state index in [1.54, 1.807) is 41.3 Å². The van der Waals surface area contributed by atoms with Crippen LogP contribution in [-0.2, 0) is 11.3 Å². The minimum absolute atomic E-state index is 0.231. The maximum atomic E-state index is 13.6. The van der Waals surface area contributed by atoms with Crippen molar-refractivity contribution in [2.75, 3.05) is 11.4 Å². The van der Waals surface area contributed by atoms with Crippen LogP contribution in [0.5, 0.6) is 0 Å². The second kappa shape index (κ2) is 13.9. The lowest BCUT2D eigenvalue weighted by Crippen LogP contribution is -2.40. The van der Waals surface area contributed by atoms with Crippen LogP contribution in [0.3, 0.4) is 0 Å². The molecule has 0 heterocycles. The molecule has 4 rings (SSSR count). The lowest BCUT2D eigenvalue weighted by Gasteiger charge is -2.26. The molecule has 1 aliphatic carbocycles. The summed E-state index contributed by atoms with van der Waals surface area (Å²) >= 11 is 6.02. The summed E-state index contributed by atoms with van der Waals surface area (Å²) in [6, 6.07) is 21.2. The van der Waals surface area contributed by atoms with Crippen LogP contribution in [0.25, 0.3) is 5.57 Å². The number of carboxylic acid groups (broad SMARTS) is 1. The van der Waals surface area contributed by atoms with E-state index in [4.69, 9.17) is 16.7 Å². The smallest absolute Gasteiger partial charge is 0.340 e. The van der Waals surface area contributed by atoms with Crippen molar-refractivity contribution < 1.29 is 23.9 Å². The number of hydrogen-bond acceptors (Lipinski definition) is 3. The van der Waals surface area contributed by atoms with Gasteiger partial charge in [0.2, 0.25) is 6.17 Å². The van der Waals surface area contributed by atoms with Crippen molar-refractivity contribution in [1.82, 2.24) is 10.6 Å². The first-order valence-corrected chi connectivity index (χ1v) is 14.0. The number of halogens is 2. The molecule has 7 nitrogen and oxygen atoms in total. The third kappa shape index (κ3) is 8.17. The fraction of sp³-hybridized carbons (Fsp3) is 0.281. The number of urea groups is 1. The fourth-order valence-electron chi connectivity index (χ4n) is 4.65. The van der Waals surface area contributed by atoms with Gasteiger partial charge >= 0.3 is 12.0 Å². The molecule has 0 fully saturated rings. The molecule has 1 unspecified atom stereocenters. The van der Waals surface area contributed by atoms with Gasteiger partial charge in [0.25, 0.3) is 5.91 Å². The Balaban J connectivity index is 1.52. The molecule has 0 saturated heterocycles. The van der Waals surface area contributed by atoms with Crippen LogP contribution < -0.4 is 15.5 Å². The summed E-state index contributed by atoms with van der Waals surface area (Å²) in [7, 11) is 0. The van der Waals surface area contributed by atoms with E-state index in [1.165, 1.54) is 18.4 Å². The van der Waals surface area contributed by atoms with Gasteiger partial charge in [-0.1, -0.05) is 54.1 Å². The largest absolute Gasteiger partial charge is 0.479 e. The van der Waals surface area contributed by atoms with Crippen LogP contribution in [0.4, 0.5) is 14.9 Å². The van der Waals surface area contributed by atoms with E-state index in [0.29, 0.717) is 5.02 Å². The minimum atomic E-state index is -2.18. The number of amides is 3. The van der Waals surface area contributed by atoms with Crippen LogP contribution in [0, 0.1) is 0 Å². The van der Waals surface area contributed by atoms with E-state index in [1.807, 2.05) is 43.3 Å². The number of benzene rings is 3. The summed E-state index contributed by atoms with van der Waals surface area (Å²) < 4.78 is 13.3. The zero-order valence-corrected chi connectivity index (χ0v) is 23.5. The highest BCUT2D eigenvalue weighted by molar-refractivity contribution is 6.30. The lowest BCUT2D eigenvalue weighted by atomic mass is 9.93. The van der Waals surface area contributed by atoms with E-state index >= 15 is 0 Å². The summed E-state index contributed by atoms with van der Waals surface area (Å²) in [5.41, 5.74) is 5.13. The Morgan fingerprint density at radius 3 is 2.27 bits per heavy atom.